The molecule has 1 unspecified atom stereocenters. The second-order valence-electron chi connectivity index (χ2n) is 9.18. The first-order valence-corrected chi connectivity index (χ1v) is 12.3. The first-order valence-electron chi connectivity index (χ1n) is 12.3. The Morgan fingerprint density at radius 3 is 2.41 bits per heavy atom. The Kier molecular flexibility index (Phi) is 12.2. The predicted octanol–water partition coefficient (Wildman–Crippen LogP) is 4.94. The summed E-state index contributed by atoms with van der Waals surface area (Å²) >= 11 is 0. The molecule has 2 heterocycles. The van der Waals surface area contributed by atoms with E-state index < -0.39 is 11.9 Å². The molecule has 202 valence electrons. The van der Waals surface area contributed by atoms with Crippen LogP contribution in [-0.2, 0) is 6.54 Å². The molecule has 2 aromatic rings. The molecule has 0 radical (unpaired) electrons. The van der Waals surface area contributed by atoms with E-state index >= 15 is 0 Å². The number of allylic oxidation sites excluding steroid dienone is 1. The lowest BCUT2D eigenvalue weighted by atomic mass is 9.77. The highest BCUT2D eigenvalue weighted by atomic mass is 19.3. The lowest BCUT2D eigenvalue weighted by molar-refractivity contribution is -0.0874. The molecule has 1 atom stereocenters. The molecular formula is C28H39F3N6. The number of likely N-dealkylation sites (N-methyl/N-ethyl adjacent to an activating group) is 1. The van der Waals surface area contributed by atoms with E-state index in [0.717, 1.165) is 17.9 Å². The van der Waals surface area contributed by atoms with E-state index in [4.69, 9.17) is 11.6 Å². The molecule has 0 spiro atoms. The summed E-state index contributed by atoms with van der Waals surface area (Å²) in [7, 11) is 2.17. The van der Waals surface area contributed by atoms with Gasteiger partial charge >= 0.3 is 0 Å². The van der Waals surface area contributed by atoms with Gasteiger partial charge in [0.2, 0.25) is 11.9 Å². The van der Waals surface area contributed by atoms with E-state index in [1.165, 1.54) is 43.4 Å². The maximum atomic E-state index is 13.0. The fourth-order valence-electron chi connectivity index (χ4n) is 4.19. The van der Waals surface area contributed by atoms with Gasteiger partial charge < -0.3 is 16.5 Å². The molecule has 6 nitrogen and oxygen atoms in total. The highest BCUT2D eigenvalue weighted by Gasteiger charge is 2.46. The van der Waals surface area contributed by atoms with Gasteiger partial charge in [0.1, 0.15) is 0 Å². The summed E-state index contributed by atoms with van der Waals surface area (Å²) < 4.78 is 37.9. The maximum absolute atomic E-state index is 13.0. The number of alkyl halides is 2. The van der Waals surface area contributed by atoms with E-state index in [0.29, 0.717) is 18.0 Å². The quantitative estimate of drug-likeness (QED) is 0.172. The average molecular weight is 517 g/mol. The number of rotatable bonds is 8. The summed E-state index contributed by atoms with van der Waals surface area (Å²) in [5.41, 5.74) is 11.1. The predicted molar refractivity (Wildman–Crippen MR) is 144 cm³/mol. The number of nitrogens with zero attached hydrogens (tertiary/aromatic N) is 2. The molecule has 0 amide bonds. The Morgan fingerprint density at radius 2 is 1.92 bits per heavy atom. The van der Waals surface area contributed by atoms with E-state index in [9.17, 15) is 13.2 Å². The Balaban J connectivity index is 0.000000207. The van der Waals surface area contributed by atoms with Gasteiger partial charge in [-0.1, -0.05) is 49.1 Å². The summed E-state index contributed by atoms with van der Waals surface area (Å²) in [5, 5.41) is 3.44. The van der Waals surface area contributed by atoms with Crippen molar-refractivity contribution in [2.24, 2.45) is 11.6 Å². The van der Waals surface area contributed by atoms with Crippen LogP contribution in [0.4, 0.5) is 13.2 Å². The summed E-state index contributed by atoms with van der Waals surface area (Å²) in [5.74, 6) is 1.44. The molecule has 2 fully saturated rings. The number of nitrogens with two attached hydrogens (primary N) is 2. The SMILES string of the molecule is C=C(NCc1ccccc1)C1CCCN1C.C=CC/C(=C/N)NN.Fc1ncccc1C1CC(F)(F)C1. The number of hydrogen-bond donors (Lipinski definition) is 4. The molecule has 1 aliphatic heterocycles. The van der Waals surface area contributed by atoms with Gasteiger partial charge in [0.05, 0.1) is 0 Å². The van der Waals surface area contributed by atoms with Crippen LogP contribution in [0.5, 0.6) is 0 Å². The Labute approximate surface area is 218 Å². The highest BCUT2D eigenvalue weighted by Crippen LogP contribution is 2.48. The molecule has 1 saturated heterocycles. The van der Waals surface area contributed by atoms with Gasteiger partial charge in [-0.2, -0.15) is 4.39 Å². The van der Waals surface area contributed by atoms with Crippen LogP contribution in [0.1, 0.15) is 49.1 Å². The molecule has 1 aliphatic carbocycles. The summed E-state index contributed by atoms with van der Waals surface area (Å²) in [6.45, 7) is 9.72. The number of hydrazine groups is 1. The van der Waals surface area contributed by atoms with Crippen LogP contribution < -0.4 is 22.3 Å². The Bertz CT molecular complexity index is 1000. The summed E-state index contributed by atoms with van der Waals surface area (Å²) in [4.78, 5) is 5.79. The van der Waals surface area contributed by atoms with Crippen molar-refractivity contribution in [1.29, 1.82) is 0 Å². The number of halogens is 3. The normalized spacial score (nSPS) is 18.8. The van der Waals surface area contributed by atoms with Crippen molar-refractivity contribution >= 4 is 0 Å². The fraction of sp³-hybridized carbons (Fsp3) is 0.393. The molecule has 1 aromatic heterocycles. The minimum Gasteiger partial charge on any atom is -0.403 e. The second kappa shape index (κ2) is 15.1. The van der Waals surface area contributed by atoms with Gasteiger partial charge in [0.25, 0.3) is 0 Å². The minimum absolute atomic E-state index is 0.254. The standard InChI is InChI=1S/C14H20N2.C9H8F3N.C5H11N3/c1-12(14-9-6-10-16(14)2)15-11-13-7-4-3-5-8-13;10-8-7(2-1-3-13-8)6-4-9(11,12)5-6;1-2-3-5(4-6)8-7/h3-5,7-8,14-15H,1,6,9-11H2,2H3;1-3,6H,4-5H2;2,4,8H,1,3,6-7H2/b;;5-4-. The van der Waals surface area contributed by atoms with Crippen LogP contribution in [0.3, 0.4) is 0 Å². The highest BCUT2D eigenvalue weighted by molar-refractivity contribution is 5.21. The molecule has 6 N–H and O–H groups in total. The number of likely N-dealkylation sites (tertiary alicyclic amines) is 1. The van der Waals surface area contributed by atoms with Crippen LogP contribution in [-0.4, -0.2) is 35.4 Å². The van der Waals surface area contributed by atoms with Crippen LogP contribution >= 0.6 is 0 Å². The first-order chi connectivity index (χ1) is 17.7. The first kappa shape index (κ1) is 29.9. The Hall–Kier alpha value is -3.30. The van der Waals surface area contributed by atoms with E-state index in [-0.39, 0.29) is 18.8 Å². The zero-order chi connectivity index (χ0) is 27.3. The third-order valence-corrected chi connectivity index (χ3v) is 6.35. The van der Waals surface area contributed by atoms with Crippen LogP contribution in [0.15, 0.2) is 85.5 Å². The molecule has 0 bridgehead atoms. The zero-order valence-electron chi connectivity index (χ0n) is 21.5. The lowest BCUT2D eigenvalue weighted by Gasteiger charge is -2.34. The average Bonchev–Trinajstić information content (AvgIpc) is 3.32. The molecule has 37 heavy (non-hydrogen) atoms. The van der Waals surface area contributed by atoms with Crippen LogP contribution in [0.25, 0.3) is 0 Å². The third-order valence-electron chi connectivity index (χ3n) is 6.35. The minimum atomic E-state index is -2.60. The molecule has 4 rings (SSSR count). The van der Waals surface area contributed by atoms with E-state index in [1.54, 1.807) is 12.1 Å². The number of nitrogens with one attached hydrogen (secondary N) is 2. The largest absolute Gasteiger partial charge is 0.403 e. The van der Waals surface area contributed by atoms with Crippen molar-refractivity contribution in [3.63, 3.8) is 0 Å². The Morgan fingerprint density at radius 1 is 1.22 bits per heavy atom. The maximum Gasteiger partial charge on any atom is 0.249 e. The van der Waals surface area contributed by atoms with E-state index in [2.05, 4.69) is 65.1 Å². The molecule has 9 heteroatoms. The van der Waals surface area contributed by atoms with Crippen molar-refractivity contribution in [2.45, 2.75) is 56.5 Å². The van der Waals surface area contributed by atoms with E-state index in [1.807, 2.05) is 6.07 Å². The molecular weight excluding hydrogens is 477 g/mol. The van der Waals surface area contributed by atoms with Crippen molar-refractivity contribution < 1.29 is 13.2 Å². The van der Waals surface area contributed by atoms with Crippen molar-refractivity contribution in [1.82, 2.24) is 20.6 Å². The number of pyridine rings is 1. The van der Waals surface area contributed by atoms with Gasteiger partial charge in [-0.05, 0) is 44.0 Å². The van der Waals surface area contributed by atoms with Gasteiger partial charge in [-0.3, -0.25) is 10.7 Å². The van der Waals surface area contributed by atoms with Gasteiger partial charge in [-0.25, -0.2) is 13.8 Å². The second-order valence-corrected chi connectivity index (χ2v) is 9.18. The van der Waals surface area contributed by atoms with Crippen LogP contribution in [0, 0.1) is 5.95 Å². The third kappa shape index (κ3) is 9.93. The van der Waals surface area contributed by atoms with Gasteiger partial charge in [0.15, 0.2) is 0 Å². The smallest absolute Gasteiger partial charge is 0.249 e. The summed E-state index contributed by atoms with van der Waals surface area (Å²) in [6.07, 6.45) is 7.15. The number of aromatic nitrogens is 1. The monoisotopic (exact) mass is 516 g/mol. The van der Waals surface area contributed by atoms with Gasteiger partial charge in [0, 0.05) is 61.2 Å². The summed E-state index contributed by atoms with van der Waals surface area (Å²) in [6, 6.07) is 14.1. The van der Waals surface area contributed by atoms with Crippen molar-refractivity contribution in [3.05, 3.63) is 103 Å². The molecule has 1 saturated carbocycles. The molecule has 2 aliphatic rings. The topological polar surface area (TPSA) is 92.2 Å². The zero-order valence-corrected chi connectivity index (χ0v) is 21.5. The van der Waals surface area contributed by atoms with Crippen LogP contribution in [0.2, 0.25) is 0 Å². The number of hydrogen-bond acceptors (Lipinski definition) is 6. The fourth-order valence-corrected chi connectivity index (χ4v) is 4.19. The van der Waals surface area contributed by atoms with Crippen molar-refractivity contribution in [2.75, 3.05) is 13.6 Å². The van der Waals surface area contributed by atoms with Crippen molar-refractivity contribution in [3.8, 4) is 0 Å². The number of benzene rings is 1. The molecule has 1 aromatic carbocycles. The van der Waals surface area contributed by atoms with Gasteiger partial charge in [-0.15, -0.1) is 6.58 Å². The lowest BCUT2D eigenvalue weighted by Crippen LogP contribution is -2.34.